The van der Waals surface area contributed by atoms with Crippen LogP contribution < -0.4 is 4.74 Å². The fraction of sp³-hybridized carbons (Fsp3) is 0. The lowest BCUT2D eigenvalue weighted by molar-refractivity contribution is 0.416. The second-order valence-electron chi connectivity index (χ2n) is 3.41. The molecule has 2 aromatic rings. The molecule has 90 valence electrons. The van der Waals surface area contributed by atoms with Gasteiger partial charge in [0.15, 0.2) is 11.6 Å². The normalized spacial score (nSPS) is 9.89. The van der Waals surface area contributed by atoms with Crippen molar-refractivity contribution in [1.82, 2.24) is 0 Å². The molecule has 0 atom stereocenters. The maximum absolute atomic E-state index is 13.4. The number of nitrogens with zero attached hydrogens (tertiary/aromatic N) is 1. The van der Waals surface area contributed by atoms with Crippen molar-refractivity contribution >= 4 is 15.9 Å². The molecule has 2 nitrogen and oxygen atoms in total. The monoisotopic (exact) mass is 309 g/mol. The van der Waals surface area contributed by atoms with Gasteiger partial charge in [0, 0.05) is 4.47 Å². The van der Waals surface area contributed by atoms with Gasteiger partial charge in [-0.05, 0) is 46.3 Å². The van der Waals surface area contributed by atoms with Crippen molar-refractivity contribution in [3.05, 3.63) is 58.1 Å². The molecule has 0 unspecified atom stereocenters. The Morgan fingerprint density at radius 3 is 2.61 bits per heavy atom. The molecule has 0 aliphatic heterocycles. The summed E-state index contributed by atoms with van der Waals surface area (Å²) in [5.74, 6) is -1.91. The average Bonchev–Trinajstić information content (AvgIpc) is 2.35. The van der Waals surface area contributed by atoms with Gasteiger partial charge in [0.05, 0.1) is 5.56 Å². The molecule has 0 fully saturated rings. The first-order valence-electron chi connectivity index (χ1n) is 4.93. The Kier molecular flexibility index (Phi) is 3.58. The fourth-order valence-corrected chi connectivity index (χ4v) is 1.79. The number of halogens is 3. The molecule has 5 heteroatoms. The van der Waals surface area contributed by atoms with Crippen LogP contribution in [0.25, 0.3) is 0 Å². The van der Waals surface area contributed by atoms with Gasteiger partial charge in [0.25, 0.3) is 0 Å². The van der Waals surface area contributed by atoms with Crippen LogP contribution >= 0.6 is 15.9 Å². The van der Waals surface area contributed by atoms with E-state index < -0.39 is 11.6 Å². The first-order chi connectivity index (χ1) is 8.61. The molecule has 2 aromatic carbocycles. The minimum atomic E-state index is -1.04. The molecular weight excluding hydrogens is 304 g/mol. The number of benzene rings is 2. The molecule has 0 N–H and O–H groups in total. The number of rotatable bonds is 2. The zero-order chi connectivity index (χ0) is 13.1. The Balaban J connectivity index is 2.32. The summed E-state index contributed by atoms with van der Waals surface area (Å²) in [7, 11) is 0. The highest BCUT2D eigenvalue weighted by Gasteiger charge is 2.10. The van der Waals surface area contributed by atoms with Crippen LogP contribution in [-0.4, -0.2) is 0 Å². The van der Waals surface area contributed by atoms with Gasteiger partial charge in [0.2, 0.25) is 5.82 Å². The Bertz CT molecular complexity index is 637. The highest BCUT2D eigenvalue weighted by molar-refractivity contribution is 9.10. The van der Waals surface area contributed by atoms with Crippen molar-refractivity contribution in [1.29, 1.82) is 5.26 Å². The van der Waals surface area contributed by atoms with Crippen molar-refractivity contribution in [2.45, 2.75) is 0 Å². The van der Waals surface area contributed by atoms with E-state index in [4.69, 9.17) is 10.00 Å². The van der Waals surface area contributed by atoms with Crippen LogP contribution in [0.2, 0.25) is 0 Å². The standard InChI is InChI=1S/C13H6BrF2NO/c14-10-6-9(5-4-8(10)7-17)18-12-3-1-2-11(15)13(12)16/h1-6H. The molecule has 0 aliphatic carbocycles. The first-order valence-corrected chi connectivity index (χ1v) is 5.72. The number of nitriles is 1. The Morgan fingerprint density at radius 2 is 1.94 bits per heavy atom. The van der Waals surface area contributed by atoms with Crippen LogP contribution in [0.5, 0.6) is 11.5 Å². The van der Waals surface area contributed by atoms with E-state index in [-0.39, 0.29) is 5.75 Å². The zero-order valence-electron chi connectivity index (χ0n) is 8.95. The van der Waals surface area contributed by atoms with Gasteiger partial charge in [-0.3, -0.25) is 0 Å². The summed E-state index contributed by atoms with van der Waals surface area (Å²) in [4.78, 5) is 0. The van der Waals surface area contributed by atoms with E-state index >= 15 is 0 Å². The number of hydrogen-bond donors (Lipinski definition) is 0. The second-order valence-corrected chi connectivity index (χ2v) is 4.26. The summed E-state index contributed by atoms with van der Waals surface area (Å²) in [6, 6.07) is 10.2. The van der Waals surface area contributed by atoms with Gasteiger partial charge < -0.3 is 4.74 Å². The van der Waals surface area contributed by atoms with E-state index in [0.29, 0.717) is 15.8 Å². The van der Waals surface area contributed by atoms with Gasteiger partial charge in [0.1, 0.15) is 11.8 Å². The van der Waals surface area contributed by atoms with Crippen LogP contribution in [0.1, 0.15) is 5.56 Å². The predicted molar refractivity (Wildman–Crippen MR) is 65.3 cm³/mol. The van der Waals surface area contributed by atoms with Gasteiger partial charge in [-0.1, -0.05) is 6.07 Å². The van der Waals surface area contributed by atoms with E-state index in [2.05, 4.69) is 15.9 Å². The summed E-state index contributed by atoms with van der Waals surface area (Å²) in [6.07, 6.45) is 0. The van der Waals surface area contributed by atoms with Crippen molar-refractivity contribution in [2.24, 2.45) is 0 Å². The molecular formula is C13H6BrF2NO. The van der Waals surface area contributed by atoms with E-state index in [1.807, 2.05) is 6.07 Å². The lowest BCUT2D eigenvalue weighted by atomic mass is 10.2. The average molecular weight is 310 g/mol. The molecule has 18 heavy (non-hydrogen) atoms. The van der Waals surface area contributed by atoms with Crippen molar-refractivity contribution in [3.63, 3.8) is 0 Å². The molecule has 0 radical (unpaired) electrons. The number of ether oxygens (including phenoxy) is 1. The van der Waals surface area contributed by atoms with Crippen LogP contribution in [0.3, 0.4) is 0 Å². The quantitative estimate of drug-likeness (QED) is 0.824. The first kappa shape index (κ1) is 12.5. The SMILES string of the molecule is N#Cc1ccc(Oc2cccc(F)c2F)cc1Br. The third-order valence-electron chi connectivity index (χ3n) is 2.20. The van der Waals surface area contributed by atoms with E-state index in [9.17, 15) is 8.78 Å². The van der Waals surface area contributed by atoms with Crippen LogP contribution in [0, 0.1) is 23.0 Å². The van der Waals surface area contributed by atoms with Gasteiger partial charge >= 0.3 is 0 Å². The predicted octanol–water partition coefficient (Wildman–Crippen LogP) is 4.39. The van der Waals surface area contributed by atoms with Crippen molar-refractivity contribution < 1.29 is 13.5 Å². The Labute approximate surface area is 111 Å². The van der Waals surface area contributed by atoms with Crippen LogP contribution in [0.15, 0.2) is 40.9 Å². The lowest BCUT2D eigenvalue weighted by Gasteiger charge is -2.07. The second kappa shape index (κ2) is 5.15. The highest BCUT2D eigenvalue weighted by atomic mass is 79.9. The molecule has 0 aliphatic rings. The fourth-order valence-electron chi connectivity index (χ4n) is 1.34. The Hall–Kier alpha value is -1.93. The highest BCUT2D eigenvalue weighted by Crippen LogP contribution is 2.29. The van der Waals surface area contributed by atoms with Crippen LogP contribution in [-0.2, 0) is 0 Å². The van der Waals surface area contributed by atoms with Crippen LogP contribution in [0.4, 0.5) is 8.78 Å². The largest absolute Gasteiger partial charge is 0.454 e. The number of hydrogen-bond acceptors (Lipinski definition) is 2. The third-order valence-corrected chi connectivity index (χ3v) is 2.86. The topological polar surface area (TPSA) is 33.0 Å². The van der Waals surface area contributed by atoms with Gasteiger partial charge in [-0.15, -0.1) is 0 Å². The lowest BCUT2D eigenvalue weighted by Crippen LogP contribution is -1.91. The van der Waals surface area contributed by atoms with Crippen molar-refractivity contribution in [3.8, 4) is 17.6 Å². The summed E-state index contributed by atoms with van der Waals surface area (Å²) >= 11 is 3.18. The maximum Gasteiger partial charge on any atom is 0.201 e. The molecule has 0 bridgehead atoms. The summed E-state index contributed by atoms with van der Waals surface area (Å²) in [5.41, 5.74) is 0.432. The van der Waals surface area contributed by atoms with E-state index in [1.54, 1.807) is 0 Å². The Morgan fingerprint density at radius 1 is 1.17 bits per heavy atom. The van der Waals surface area contributed by atoms with Gasteiger partial charge in [-0.2, -0.15) is 9.65 Å². The molecule has 0 saturated carbocycles. The summed E-state index contributed by atoms with van der Waals surface area (Å²) in [6.45, 7) is 0. The molecule has 0 spiro atoms. The maximum atomic E-state index is 13.4. The minimum Gasteiger partial charge on any atom is -0.454 e. The molecule has 0 heterocycles. The minimum absolute atomic E-state index is 0.202. The van der Waals surface area contributed by atoms with E-state index in [0.717, 1.165) is 6.07 Å². The summed E-state index contributed by atoms with van der Waals surface area (Å²) in [5, 5.41) is 8.75. The third kappa shape index (κ3) is 2.49. The van der Waals surface area contributed by atoms with Gasteiger partial charge in [-0.25, -0.2) is 4.39 Å². The van der Waals surface area contributed by atoms with E-state index in [1.165, 1.54) is 30.3 Å². The smallest absolute Gasteiger partial charge is 0.201 e. The zero-order valence-corrected chi connectivity index (χ0v) is 10.5. The molecule has 2 rings (SSSR count). The molecule has 0 saturated heterocycles. The molecule has 0 aromatic heterocycles. The summed E-state index contributed by atoms with van der Waals surface area (Å²) < 4.78 is 32.1. The van der Waals surface area contributed by atoms with Crippen molar-refractivity contribution in [2.75, 3.05) is 0 Å². The molecule has 0 amide bonds.